The summed E-state index contributed by atoms with van der Waals surface area (Å²) in [6.45, 7) is 2.72. The molecule has 5 nitrogen and oxygen atoms in total. The molecule has 0 bridgehead atoms. The molecule has 0 unspecified atom stereocenters. The van der Waals surface area contributed by atoms with Crippen LogP contribution in [0.4, 0.5) is 5.69 Å². The van der Waals surface area contributed by atoms with Crippen molar-refractivity contribution in [2.75, 3.05) is 32.7 Å². The second kappa shape index (κ2) is 8.62. The lowest BCUT2D eigenvalue weighted by molar-refractivity contribution is 0.0951. The normalized spacial score (nSPS) is 10.3. The van der Waals surface area contributed by atoms with Gasteiger partial charge in [-0.1, -0.05) is 11.6 Å². The summed E-state index contributed by atoms with van der Waals surface area (Å²) in [5.74, 6) is 0.921. The molecular weight excluding hydrogens is 340 g/mol. The highest BCUT2D eigenvalue weighted by atomic mass is 35.5. The van der Waals surface area contributed by atoms with Gasteiger partial charge in [0, 0.05) is 31.9 Å². The minimum Gasteiger partial charge on any atom is -0.493 e. The first-order valence-corrected chi connectivity index (χ1v) is 8.38. The third kappa shape index (κ3) is 4.79. The average Bonchev–Trinajstić information content (AvgIpc) is 2.61. The number of methoxy groups -OCH3 is 1. The fourth-order valence-corrected chi connectivity index (χ4v) is 2.64. The van der Waals surface area contributed by atoms with Crippen molar-refractivity contribution in [2.24, 2.45) is 0 Å². The summed E-state index contributed by atoms with van der Waals surface area (Å²) in [6, 6.07) is 11.0. The van der Waals surface area contributed by atoms with Crippen LogP contribution in [0.15, 0.2) is 36.4 Å². The summed E-state index contributed by atoms with van der Waals surface area (Å²) < 4.78 is 10.8. The average molecular weight is 363 g/mol. The van der Waals surface area contributed by atoms with E-state index in [9.17, 15) is 4.79 Å². The molecule has 0 atom stereocenters. The van der Waals surface area contributed by atoms with Gasteiger partial charge in [0.25, 0.3) is 5.91 Å². The fourth-order valence-electron chi connectivity index (χ4n) is 2.36. The highest BCUT2D eigenvalue weighted by molar-refractivity contribution is 6.32. The summed E-state index contributed by atoms with van der Waals surface area (Å²) in [5, 5.41) is 3.35. The van der Waals surface area contributed by atoms with E-state index >= 15 is 0 Å². The van der Waals surface area contributed by atoms with E-state index in [4.69, 9.17) is 21.1 Å². The van der Waals surface area contributed by atoms with Crippen LogP contribution in [0.1, 0.15) is 22.8 Å². The van der Waals surface area contributed by atoms with Crippen LogP contribution in [0.5, 0.6) is 11.5 Å². The quantitative estimate of drug-likeness (QED) is 0.815. The zero-order chi connectivity index (χ0) is 18.4. The van der Waals surface area contributed by atoms with Crippen LogP contribution in [0.25, 0.3) is 0 Å². The van der Waals surface area contributed by atoms with E-state index in [1.165, 1.54) is 0 Å². The van der Waals surface area contributed by atoms with Crippen LogP contribution in [0, 0.1) is 0 Å². The molecule has 6 heteroatoms. The number of benzene rings is 2. The molecule has 1 N–H and O–H groups in total. The number of ether oxygens (including phenoxy) is 2. The third-order valence-corrected chi connectivity index (χ3v) is 3.96. The van der Waals surface area contributed by atoms with Crippen LogP contribution in [0.2, 0.25) is 5.02 Å². The molecule has 0 aliphatic heterocycles. The number of carbonyl (C=O) groups excluding carboxylic acids is 1. The Morgan fingerprint density at radius 1 is 1.20 bits per heavy atom. The van der Waals surface area contributed by atoms with Crippen LogP contribution in [-0.4, -0.2) is 33.7 Å². The zero-order valence-electron chi connectivity index (χ0n) is 14.9. The Kier molecular flexibility index (Phi) is 6.53. The van der Waals surface area contributed by atoms with Gasteiger partial charge in [-0.2, -0.15) is 0 Å². The molecule has 0 saturated carbocycles. The van der Waals surface area contributed by atoms with E-state index in [0.717, 1.165) is 11.3 Å². The van der Waals surface area contributed by atoms with Gasteiger partial charge < -0.3 is 19.7 Å². The van der Waals surface area contributed by atoms with Crippen molar-refractivity contribution >= 4 is 23.2 Å². The second-order valence-electron chi connectivity index (χ2n) is 5.67. The number of hydrogen-bond acceptors (Lipinski definition) is 4. The number of nitrogens with one attached hydrogen (secondary N) is 1. The number of amides is 1. The summed E-state index contributed by atoms with van der Waals surface area (Å²) in [4.78, 5) is 14.3. The van der Waals surface area contributed by atoms with Crippen molar-refractivity contribution < 1.29 is 14.3 Å². The first kappa shape index (κ1) is 18.9. The molecule has 2 rings (SSSR count). The van der Waals surface area contributed by atoms with E-state index in [0.29, 0.717) is 35.2 Å². The Labute approximate surface area is 153 Å². The standard InChI is InChI=1S/C19H23ClN2O3/c1-5-25-18-16(20)10-13(11-17(18)24-4)12-21-19(23)14-6-8-15(9-7-14)22(2)3/h6-11H,5,12H2,1-4H3,(H,21,23). The Bertz CT molecular complexity index is 730. The van der Waals surface area contributed by atoms with Crippen molar-refractivity contribution in [2.45, 2.75) is 13.5 Å². The minimum atomic E-state index is -0.144. The van der Waals surface area contributed by atoms with Crippen LogP contribution >= 0.6 is 11.6 Å². The number of hydrogen-bond donors (Lipinski definition) is 1. The first-order valence-electron chi connectivity index (χ1n) is 8.01. The van der Waals surface area contributed by atoms with Crippen LogP contribution in [0.3, 0.4) is 0 Å². The van der Waals surface area contributed by atoms with Crippen molar-refractivity contribution in [3.8, 4) is 11.5 Å². The molecule has 0 spiro atoms. The smallest absolute Gasteiger partial charge is 0.251 e. The zero-order valence-corrected chi connectivity index (χ0v) is 15.7. The number of nitrogens with zero attached hydrogens (tertiary/aromatic N) is 1. The van der Waals surface area contributed by atoms with Gasteiger partial charge in [0.1, 0.15) is 0 Å². The van der Waals surface area contributed by atoms with Crippen LogP contribution < -0.4 is 19.7 Å². The summed E-state index contributed by atoms with van der Waals surface area (Å²) in [6.07, 6.45) is 0. The van der Waals surface area contributed by atoms with Gasteiger partial charge in [0.15, 0.2) is 11.5 Å². The first-order chi connectivity index (χ1) is 12.0. The van der Waals surface area contributed by atoms with E-state index in [2.05, 4.69) is 5.32 Å². The van der Waals surface area contributed by atoms with Crippen molar-refractivity contribution in [1.29, 1.82) is 0 Å². The lowest BCUT2D eigenvalue weighted by Gasteiger charge is -2.14. The van der Waals surface area contributed by atoms with Gasteiger partial charge in [-0.05, 0) is 48.9 Å². The molecule has 2 aromatic rings. The Morgan fingerprint density at radius 3 is 2.44 bits per heavy atom. The largest absolute Gasteiger partial charge is 0.493 e. The van der Waals surface area contributed by atoms with Gasteiger partial charge >= 0.3 is 0 Å². The molecule has 134 valence electrons. The van der Waals surface area contributed by atoms with Gasteiger partial charge in [-0.3, -0.25) is 4.79 Å². The Balaban J connectivity index is 2.07. The third-order valence-electron chi connectivity index (χ3n) is 3.68. The van der Waals surface area contributed by atoms with Gasteiger partial charge in [0.05, 0.1) is 18.7 Å². The number of rotatable bonds is 7. The topological polar surface area (TPSA) is 50.8 Å². The number of carbonyl (C=O) groups is 1. The minimum absolute atomic E-state index is 0.144. The lowest BCUT2D eigenvalue weighted by Crippen LogP contribution is -2.23. The fraction of sp³-hybridized carbons (Fsp3) is 0.316. The predicted molar refractivity (Wildman–Crippen MR) is 101 cm³/mol. The molecule has 0 aromatic heterocycles. The van der Waals surface area contributed by atoms with Crippen molar-refractivity contribution in [3.63, 3.8) is 0 Å². The molecule has 0 heterocycles. The van der Waals surface area contributed by atoms with Crippen LogP contribution in [-0.2, 0) is 6.54 Å². The van der Waals surface area contributed by atoms with Gasteiger partial charge in [0.2, 0.25) is 0 Å². The summed E-state index contributed by atoms with van der Waals surface area (Å²) in [7, 11) is 5.47. The highest BCUT2D eigenvalue weighted by Gasteiger charge is 2.13. The van der Waals surface area contributed by atoms with Gasteiger partial charge in [-0.15, -0.1) is 0 Å². The molecule has 1 amide bonds. The maximum absolute atomic E-state index is 12.3. The monoisotopic (exact) mass is 362 g/mol. The van der Waals surface area contributed by atoms with E-state index < -0.39 is 0 Å². The predicted octanol–water partition coefficient (Wildman–Crippen LogP) is 3.74. The lowest BCUT2D eigenvalue weighted by atomic mass is 10.1. The molecule has 0 saturated heterocycles. The maximum Gasteiger partial charge on any atom is 0.251 e. The molecule has 2 aromatic carbocycles. The second-order valence-corrected chi connectivity index (χ2v) is 6.07. The molecular formula is C19H23ClN2O3. The highest BCUT2D eigenvalue weighted by Crippen LogP contribution is 2.36. The van der Waals surface area contributed by atoms with E-state index in [1.54, 1.807) is 25.3 Å². The summed E-state index contributed by atoms with van der Waals surface area (Å²) in [5.41, 5.74) is 2.48. The summed E-state index contributed by atoms with van der Waals surface area (Å²) >= 11 is 6.25. The van der Waals surface area contributed by atoms with Crippen molar-refractivity contribution in [1.82, 2.24) is 5.32 Å². The number of anilines is 1. The number of halogens is 1. The van der Waals surface area contributed by atoms with E-state index in [-0.39, 0.29) is 5.91 Å². The molecule has 0 fully saturated rings. The molecule has 0 aliphatic rings. The molecule has 0 radical (unpaired) electrons. The maximum atomic E-state index is 12.3. The molecule has 0 aliphatic carbocycles. The van der Waals surface area contributed by atoms with Gasteiger partial charge in [-0.25, -0.2) is 0 Å². The van der Waals surface area contributed by atoms with Crippen molar-refractivity contribution in [3.05, 3.63) is 52.5 Å². The molecule has 25 heavy (non-hydrogen) atoms. The Morgan fingerprint density at radius 2 is 1.88 bits per heavy atom. The van der Waals surface area contributed by atoms with E-state index in [1.807, 2.05) is 44.1 Å². The Hall–Kier alpha value is -2.40. The SMILES string of the molecule is CCOc1c(Cl)cc(CNC(=O)c2ccc(N(C)C)cc2)cc1OC.